The molecule has 1 heterocycles. The fourth-order valence-corrected chi connectivity index (χ4v) is 5.95. The lowest BCUT2D eigenvalue weighted by atomic mass is 9.90. The highest BCUT2D eigenvalue weighted by Crippen LogP contribution is 2.52. The lowest BCUT2D eigenvalue weighted by Gasteiger charge is -2.30. The van der Waals surface area contributed by atoms with Gasteiger partial charge in [-0.3, -0.25) is 0 Å². The number of hydrogen-bond donors (Lipinski definition) is 0. The average molecular weight is 535 g/mol. The predicted octanol–water partition coefficient (Wildman–Crippen LogP) is 7.08. The van der Waals surface area contributed by atoms with Gasteiger partial charge in [-0.2, -0.15) is 0 Å². The van der Waals surface area contributed by atoms with Crippen LogP contribution in [0.25, 0.3) is 21.5 Å². The summed E-state index contributed by atoms with van der Waals surface area (Å²) in [6, 6.07) is 11.9. The molecule has 0 N–H and O–H groups in total. The van der Waals surface area contributed by atoms with Crippen molar-refractivity contribution in [2.75, 3.05) is 35.5 Å². The summed E-state index contributed by atoms with van der Waals surface area (Å²) in [5.41, 5.74) is 3.07. The second-order valence-corrected chi connectivity index (χ2v) is 14.7. The molecular weight excluding hydrogens is 500 g/mol. The molecule has 5 rings (SSSR count). The second-order valence-electron chi connectivity index (χ2n) is 10.3. The highest BCUT2D eigenvalue weighted by atomic mass is 28.4. The van der Waals surface area contributed by atoms with Gasteiger partial charge in [-0.05, 0) is 60.2 Å². The van der Waals surface area contributed by atoms with Crippen molar-refractivity contribution in [1.82, 2.24) is 0 Å². The average Bonchev–Trinajstić information content (AvgIpc) is 2.89. The zero-order chi connectivity index (χ0) is 27.2. The molecule has 1 aliphatic rings. The Morgan fingerprint density at radius 2 is 1.32 bits per heavy atom. The van der Waals surface area contributed by atoms with Gasteiger partial charge in [0.2, 0.25) is 8.32 Å². The standard InChI is InChI=1S/C30H34O7Si/c1-31-16-19-9-17-10-20(32-2)13-25(34-4)27(17)29-22(19)15-23-24(36-29)12-18-11-21(33-3)14-26(35-5)28(18)30(23)37-38(6,7)8/h9-14H,15-16H2,1-8H3. The molecule has 0 amide bonds. The van der Waals surface area contributed by atoms with E-state index in [-0.39, 0.29) is 0 Å². The lowest BCUT2D eigenvalue weighted by Crippen LogP contribution is -2.30. The third-order valence-corrected chi connectivity index (χ3v) is 7.52. The van der Waals surface area contributed by atoms with Crippen LogP contribution >= 0.6 is 0 Å². The predicted molar refractivity (Wildman–Crippen MR) is 152 cm³/mol. The maximum absolute atomic E-state index is 6.78. The number of ether oxygens (including phenoxy) is 6. The number of rotatable bonds is 8. The quantitative estimate of drug-likeness (QED) is 0.197. The second kappa shape index (κ2) is 9.92. The largest absolute Gasteiger partial charge is 0.544 e. The van der Waals surface area contributed by atoms with E-state index in [4.69, 9.17) is 32.8 Å². The topological polar surface area (TPSA) is 64.6 Å². The molecule has 8 heteroatoms. The van der Waals surface area contributed by atoms with Crippen molar-refractivity contribution in [2.45, 2.75) is 32.7 Å². The molecule has 1 aliphatic heterocycles. The number of benzene rings is 4. The van der Waals surface area contributed by atoms with Gasteiger partial charge in [-0.25, -0.2) is 0 Å². The molecule has 0 atom stereocenters. The Labute approximate surface area is 224 Å². The number of methoxy groups -OCH3 is 5. The van der Waals surface area contributed by atoms with Crippen LogP contribution in [0.5, 0.6) is 40.2 Å². The molecule has 0 fully saturated rings. The van der Waals surface area contributed by atoms with E-state index in [1.54, 1.807) is 35.5 Å². The van der Waals surface area contributed by atoms with Crippen LogP contribution in [0.4, 0.5) is 0 Å². The first-order valence-electron chi connectivity index (χ1n) is 12.5. The summed E-state index contributed by atoms with van der Waals surface area (Å²) in [7, 11) is 6.30. The van der Waals surface area contributed by atoms with Crippen molar-refractivity contribution in [3.05, 3.63) is 53.1 Å². The molecule has 0 bridgehead atoms. The normalized spacial score (nSPS) is 12.5. The Kier molecular flexibility index (Phi) is 6.79. The molecule has 38 heavy (non-hydrogen) atoms. The lowest BCUT2D eigenvalue weighted by molar-refractivity contribution is 0.184. The van der Waals surface area contributed by atoms with Gasteiger partial charge in [0.25, 0.3) is 0 Å². The van der Waals surface area contributed by atoms with Crippen molar-refractivity contribution in [3.8, 4) is 40.2 Å². The summed E-state index contributed by atoms with van der Waals surface area (Å²) >= 11 is 0. The fourth-order valence-electron chi connectivity index (χ4n) is 5.11. The summed E-state index contributed by atoms with van der Waals surface area (Å²) in [5.74, 6) is 5.09. The first-order valence-corrected chi connectivity index (χ1v) is 15.9. The molecule has 0 aromatic heterocycles. The SMILES string of the molecule is COCc1cc2cc(OC)cc(OC)c2c2c1Cc1c(cc3cc(OC)cc(OC)c3c1O[Si](C)(C)C)O2. The zero-order valence-electron chi connectivity index (χ0n) is 23.2. The van der Waals surface area contributed by atoms with Crippen LogP contribution in [0, 0.1) is 0 Å². The smallest absolute Gasteiger partial charge is 0.242 e. The van der Waals surface area contributed by atoms with Gasteiger partial charge in [-0.15, -0.1) is 0 Å². The first kappa shape index (κ1) is 26.0. The minimum absolute atomic E-state index is 0.439. The van der Waals surface area contributed by atoms with Crippen molar-refractivity contribution in [2.24, 2.45) is 0 Å². The molecular formula is C30H34O7Si. The van der Waals surface area contributed by atoms with E-state index in [1.807, 2.05) is 30.3 Å². The Balaban J connectivity index is 1.84. The van der Waals surface area contributed by atoms with E-state index in [0.717, 1.165) is 55.5 Å². The zero-order valence-corrected chi connectivity index (χ0v) is 24.2. The summed E-state index contributed by atoms with van der Waals surface area (Å²) in [6.07, 6.45) is 0.611. The van der Waals surface area contributed by atoms with Gasteiger partial charge in [-0.1, -0.05) is 0 Å². The molecule has 0 saturated carbocycles. The summed E-state index contributed by atoms with van der Waals surface area (Å²) in [4.78, 5) is 0. The van der Waals surface area contributed by atoms with Crippen molar-refractivity contribution < 1.29 is 32.8 Å². The van der Waals surface area contributed by atoms with E-state index in [0.29, 0.717) is 36.0 Å². The number of fused-ring (bicyclic) bond motifs is 5. The molecule has 0 saturated heterocycles. The van der Waals surface area contributed by atoms with Crippen LogP contribution in [-0.2, 0) is 17.8 Å². The van der Waals surface area contributed by atoms with Crippen molar-refractivity contribution in [3.63, 3.8) is 0 Å². The maximum Gasteiger partial charge on any atom is 0.242 e. The van der Waals surface area contributed by atoms with E-state index in [2.05, 4.69) is 25.7 Å². The van der Waals surface area contributed by atoms with E-state index >= 15 is 0 Å². The van der Waals surface area contributed by atoms with E-state index in [9.17, 15) is 0 Å². The van der Waals surface area contributed by atoms with E-state index < -0.39 is 8.32 Å². The highest BCUT2D eigenvalue weighted by Gasteiger charge is 2.31. The Hall–Kier alpha value is -3.62. The molecule has 200 valence electrons. The van der Waals surface area contributed by atoms with E-state index in [1.165, 1.54) is 0 Å². The third kappa shape index (κ3) is 4.48. The third-order valence-electron chi connectivity index (χ3n) is 6.70. The Morgan fingerprint density at radius 3 is 1.87 bits per heavy atom. The Bertz CT molecular complexity index is 1540. The van der Waals surface area contributed by atoms with Gasteiger partial charge in [0.1, 0.15) is 40.2 Å². The van der Waals surface area contributed by atoms with Gasteiger partial charge < -0.3 is 32.8 Å². The fraction of sp³-hybridized carbons (Fsp3) is 0.333. The molecule has 4 aromatic rings. The van der Waals surface area contributed by atoms with Crippen LogP contribution < -0.4 is 28.1 Å². The van der Waals surface area contributed by atoms with Crippen LogP contribution in [0.15, 0.2) is 36.4 Å². The van der Waals surface area contributed by atoms with Crippen LogP contribution in [0.2, 0.25) is 19.6 Å². The van der Waals surface area contributed by atoms with Gasteiger partial charge >= 0.3 is 0 Å². The highest BCUT2D eigenvalue weighted by molar-refractivity contribution is 6.70. The molecule has 0 unspecified atom stereocenters. The summed E-state index contributed by atoms with van der Waals surface area (Å²) in [6.45, 7) is 6.96. The summed E-state index contributed by atoms with van der Waals surface area (Å²) < 4.78 is 41.9. The first-order chi connectivity index (χ1) is 18.2. The molecule has 4 aromatic carbocycles. The number of hydrogen-bond acceptors (Lipinski definition) is 7. The van der Waals surface area contributed by atoms with Crippen molar-refractivity contribution in [1.29, 1.82) is 0 Å². The maximum atomic E-state index is 6.78. The van der Waals surface area contributed by atoms with Crippen LogP contribution in [0.1, 0.15) is 16.7 Å². The van der Waals surface area contributed by atoms with Crippen LogP contribution in [-0.4, -0.2) is 43.9 Å². The van der Waals surface area contributed by atoms with Gasteiger partial charge in [0.05, 0.1) is 45.8 Å². The van der Waals surface area contributed by atoms with Gasteiger partial charge in [0, 0.05) is 36.8 Å². The molecule has 7 nitrogen and oxygen atoms in total. The molecule has 0 spiro atoms. The van der Waals surface area contributed by atoms with Crippen molar-refractivity contribution >= 4 is 29.9 Å². The minimum atomic E-state index is -2.02. The van der Waals surface area contributed by atoms with Crippen LogP contribution in [0.3, 0.4) is 0 Å². The summed E-state index contributed by atoms with van der Waals surface area (Å²) in [5, 5.41) is 3.68. The molecule has 0 radical (unpaired) electrons. The molecule has 0 aliphatic carbocycles. The monoisotopic (exact) mass is 534 g/mol. The minimum Gasteiger partial charge on any atom is -0.544 e. The van der Waals surface area contributed by atoms with Gasteiger partial charge in [0.15, 0.2) is 0 Å². The Morgan fingerprint density at radius 1 is 0.711 bits per heavy atom.